The van der Waals surface area contributed by atoms with E-state index in [1.54, 1.807) is 0 Å². The molecule has 1 aromatic rings. The highest BCUT2D eigenvalue weighted by Crippen LogP contribution is 2.08. The molecular formula is C17H28N2. The van der Waals surface area contributed by atoms with Crippen LogP contribution in [0.1, 0.15) is 36.8 Å². The summed E-state index contributed by atoms with van der Waals surface area (Å²) in [6.07, 6.45) is 6.68. The summed E-state index contributed by atoms with van der Waals surface area (Å²) in [7, 11) is 0. The molecular weight excluding hydrogens is 232 g/mol. The minimum absolute atomic E-state index is 1.10. The molecule has 1 heterocycles. The molecule has 2 rings (SSSR count). The average molecular weight is 260 g/mol. The second kappa shape index (κ2) is 8.34. The normalized spacial score (nSPS) is 16.7. The summed E-state index contributed by atoms with van der Waals surface area (Å²) in [5.74, 6) is 0. The molecule has 0 unspecified atom stereocenters. The molecule has 1 aromatic carbocycles. The zero-order valence-electron chi connectivity index (χ0n) is 12.3. The predicted octanol–water partition coefficient (Wildman–Crippen LogP) is 3.00. The Labute approximate surface area is 118 Å². The number of piperidine rings is 1. The molecule has 0 atom stereocenters. The van der Waals surface area contributed by atoms with Crippen LogP contribution >= 0.6 is 0 Å². The van der Waals surface area contributed by atoms with Crippen LogP contribution in [0, 0.1) is 6.92 Å². The fourth-order valence-electron chi connectivity index (χ4n) is 2.85. The number of nitrogens with one attached hydrogen (secondary N) is 1. The van der Waals surface area contributed by atoms with E-state index < -0.39 is 0 Å². The number of rotatable bonds is 7. The van der Waals surface area contributed by atoms with Crippen LogP contribution in [0.15, 0.2) is 24.3 Å². The van der Waals surface area contributed by atoms with Crippen molar-refractivity contribution in [1.29, 1.82) is 0 Å². The lowest BCUT2D eigenvalue weighted by atomic mass is 10.1. The Balaban J connectivity index is 1.51. The quantitative estimate of drug-likeness (QED) is 0.758. The van der Waals surface area contributed by atoms with E-state index in [4.69, 9.17) is 0 Å². The average Bonchev–Trinajstić information content (AvgIpc) is 2.45. The van der Waals surface area contributed by atoms with Gasteiger partial charge in [-0.05, 0) is 76.5 Å². The molecule has 0 amide bonds. The van der Waals surface area contributed by atoms with E-state index in [0.717, 1.165) is 19.5 Å². The molecule has 0 bridgehead atoms. The van der Waals surface area contributed by atoms with Crippen molar-refractivity contribution in [1.82, 2.24) is 10.2 Å². The van der Waals surface area contributed by atoms with E-state index in [9.17, 15) is 0 Å². The van der Waals surface area contributed by atoms with E-state index >= 15 is 0 Å². The predicted molar refractivity (Wildman–Crippen MR) is 82.7 cm³/mol. The molecule has 1 N–H and O–H groups in total. The van der Waals surface area contributed by atoms with Gasteiger partial charge in [-0.25, -0.2) is 0 Å². The summed E-state index contributed by atoms with van der Waals surface area (Å²) < 4.78 is 0. The summed E-state index contributed by atoms with van der Waals surface area (Å²) in [5.41, 5.74) is 2.89. The highest BCUT2D eigenvalue weighted by atomic mass is 15.1. The molecule has 2 heteroatoms. The van der Waals surface area contributed by atoms with Gasteiger partial charge in [-0.15, -0.1) is 0 Å². The van der Waals surface area contributed by atoms with E-state index in [2.05, 4.69) is 41.4 Å². The molecule has 0 aromatic heterocycles. The lowest BCUT2D eigenvalue weighted by Gasteiger charge is -2.26. The van der Waals surface area contributed by atoms with Gasteiger partial charge >= 0.3 is 0 Å². The summed E-state index contributed by atoms with van der Waals surface area (Å²) >= 11 is 0. The summed E-state index contributed by atoms with van der Waals surface area (Å²) in [4.78, 5) is 2.62. The second-order valence-corrected chi connectivity index (χ2v) is 5.68. The number of hydrogen-bond donors (Lipinski definition) is 1. The van der Waals surface area contributed by atoms with Gasteiger partial charge < -0.3 is 10.2 Å². The number of hydrogen-bond acceptors (Lipinski definition) is 2. The van der Waals surface area contributed by atoms with E-state index in [0.29, 0.717) is 0 Å². The van der Waals surface area contributed by atoms with Crippen LogP contribution in [0.25, 0.3) is 0 Å². The van der Waals surface area contributed by atoms with Gasteiger partial charge in [0.1, 0.15) is 0 Å². The largest absolute Gasteiger partial charge is 0.316 e. The van der Waals surface area contributed by atoms with Crippen LogP contribution in [0.3, 0.4) is 0 Å². The van der Waals surface area contributed by atoms with Crippen molar-refractivity contribution < 1.29 is 0 Å². The lowest BCUT2D eigenvalue weighted by molar-refractivity contribution is 0.226. The number of likely N-dealkylation sites (tertiary alicyclic amines) is 1. The van der Waals surface area contributed by atoms with Crippen LogP contribution in [0.2, 0.25) is 0 Å². The van der Waals surface area contributed by atoms with Crippen LogP contribution in [0.4, 0.5) is 0 Å². The summed E-state index contributed by atoms with van der Waals surface area (Å²) in [6, 6.07) is 8.69. The molecule has 1 aliphatic rings. The molecule has 0 saturated carbocycles. The third kappa shape index (κ3) is 5.33. The third-order valence-corrected chi connectivity index (χ3v) is 4.11. The Morgan fingerprint density at radius 3 is 2.63 bits per heavy atom. The highest BCUT2D eigenvalue weighted by Gasteiger charge is 2.08. The first-order valence-corrected chi connectivity index (χ1v) is 7.84. The summed E-state index contributed by atoms with van der Waals surface area (Å²) in [5, 5.41) is 3.57. The van der Waals surface area contributed by atoms with Gasteiger partial charge in [-0.1, -0.05) is 30.7 Å². The third-order valence-electron chi connectivity index (χ3n) is 4.11. The molecule has 19 heavy (non-hydrogen) atoms. The van der Waals surface area contributed by atoms with Gasteiger partial charge in [-0.3, -0.25) is 0 Å². The van der Waals surface area contributed by atoms with Crippen LogP contribution in [-0.2, 0) is 6.42 Å². The van der Waals surface area contributed by atoms with Crippen molar-refractivity contribution in [2.45, 2.75) is 39.0 Å². The van der Waals surface area contributed by atoms with Crippen molar-refractivity contribution in [2.24, 2.45) is 0 Å². The van der Waals surface area contributed by atoms with Crippen LogP contribution in [0.5, 0.6) is 0 Å². The Bertz CT molecular complexity index is 356. The standard InChI is InChI=1S/C17H28N2/c1-16-8-3-4-9-17(16)10-12-18-11-7-15-19-13-5-2-6-14-19/h3-4,8-9,18H,2,5-7,10-15H2,1H3. The molecule has 0 radical (unpaired) electrons. The van der Waals surface area contributed by atoms with E-state index in [1.165, 1.54) is 56.4 Å². The summed E-state index contributed by atoms with van der Waals surface area (Å²) in [6.45, 7) is 8.38. The first-order chi connectivity index (χ1) is 9.36. The Morgan fingerprint density at radius 2 is 1.84 bits per heavy atom. The maximum Gasteiger partial charge on any atom is -0.000664 e. The van der Waals surface area contributed by atoms with Gasteiger partial charge in [0, 0.05) is 0 Å². The molecule has 0 spiro atoms. The fourth-order valence-corrected chi connectivity index (χ4v) is 2.85. The number of nitrogens with zero attached hydrogens (tertiary/aromatic N) is 1. The second-order valence-electron chi connectivity index (χ2n) is 5.68. The van der Waals surface area contributed by atoms with Gasteiger partial charge in [0.25, 0.3) is 0 Å². The SMILES string of the molecule is Cc1ccccc1CCNCCCN1CCCCC1. The van der Waals surface area contributed by atoms with Gasteiger partial charge in [0.2, 0.25) is 0 Å². The topological polar surface area (TPSA) is 15.3 Å². The van der Waals surface area contributed by atoms with Crippen LogP contribution in [-0.4, -0.2) is 37.6 Å². The highest BCUT2D eigenvalue weighted by molar-refractivity contribution is 5.25. The molecule has 1 aliphatic heterocycles. The van der Waals surface area contributed by atoms with Crippen molar-refractivity contribution in [3.05, 3.63) is 35.4 Å². The number of aryl methyl sites for hydroxylation is 1. The maximum atomic E-state index is 3.57. The molecule has 106 valence electrons. The van der Waals surface area contributed by atoms with Gasteiger partial charge in [0.15, 0.2) is 0 Å². The van der Waals surface area contributed by atoms with Gasteiger partial charge in [-0.2, -0.15) is 0 Å². The maximum absolute atomic E-state index is 3.57. The van der Waals surface area contributed by atoms with Crippen molar-refractivity contribution >= 4 is 0 Å². The molecule has 0 aliphatic carbocycles. The minimum Gasteiger partial charge on any atom is -0.316 e. The minimum atomic E-state index is 1.10. The van der Waals surface area contributed by atoms with Crippen molar-refractivity contribution in [3.8, 4) is 0 Å². The van der Waals surface area contributed by atoms with Crippen molar-refractivity contribution in [2.75, 3.05) is 32.7 Å². The zero-order chi connectivity index (χ0) is 13.3. The van der Waals surface area contributed by atoms with Crippen molar-refractivity contribution in [3.63, 3.8) is 0 Å². The van der Waals surface area contributed by atoms with Gasteiger partial charge in [0.05, 0.1) is 0 Å². The Morgan fingerprint density at radius 1 is 1.05 bits per heavy atom. The van der Waals surface area contributed by atoms with E-state index in [1.807, 2.05) is 0 Å². The van der Waals surface area contributed by atoms with Crippen LogP contribution < -0.4 is 5.32 Å². The molecule has 1 saturated heterocycles. The Hall–Kier alpha value is -0.860. The lowest BCUT2D eigenvalue weighted by Crippen LogP contribution is -2.32. The monoisotopic (exact) mass is 260 g/mol. The molecule has 2 nitrogen and oxygen atoms in total. The zero-order valence-corrected chi connectivity index (χ0v) is 12.3. The van der Waals surface area contributed by atoms with E-state index in [-0.39, 0.29) is 0 Å². The fraction of sp³-hybridized carbons (Fsp3) is 0.647. The first kappa shape index (κ1) is 14.5. The first-order valence-electron chi connectivity index (χ1n) is 7.84. The Kier molecular flexibility index (Phi) is 6.38. The molecule has 1 fully saturated rings. The smallest absolute Gasteiger partial charge is 0.000664 e. The number of benzene rings is 1.